The van der Waals surface area contributed by atoms with Gasteiger partial charge in [0.15, 0.2) is 0 Å². The van der Waals surface area contributed by atoms with Crippen molar-refractivity contribution in [1.82, 2.24) is 20.5 Å². The number of unbranched alkanes of at least 4 members (excludes halogenated alkanes) is 2. The third kappa shape index (κ3) is 8.31. The summed E-state index contributed by atoms with van der Waals surface area (Å²) in [6.07, 6.45) is 6.10. The Bertz CT molecular complexity index is 788. The topological polar surface area (TPSA) is 108 Å². The largest absolute Gasteiger partial charge is 0.356 e. The fraction of sp³-hybridized carbons (Fsp3) is 0.619. The quantitative estimate of drug-likeness (QED) is 0.487. The lowest BCUT2D eigenvalue weighted by molar-refractivity contribution is -0.121. The number of hydrazine groups is 1. The lowest BCUT2D eigenvalue weighted by Gasteiger charge is -2.30. The molecular formula is C21H34N4O4S. The molecule has 3 amide bonds. The first kappa shape index (κ1) is 24.1. The second kappa shape index (κ2) is 11.9. The van der Waals surface area contributed by atoms with E-state index < -0.39 is 16.1 Å². The van der Waals surface area contributed by atoms with Gasteiger partial charge in [-0.15, -0.1) is 0 Å². The van der Waals surface area contributed by atoms with Crippen molar-refractivity contribution in [3.8, 4) is 0 Å². The summed E-state index contributed by atoms with van der Waals surface area (Å²) in [7, 11) is -3.94. The maximum atomic E-state index is 12.4. The molecular weight excluding hydrogens is 404 g/mol. The molecule has 1 fully saturated rings. The van der Waals surface area contributed by atoms with Gasteiger partial charge in [-0.3, -0.25) is 10.2 Å². The number of piperidine rings is 1. The second-order valence-corrected chi connectivity index (χ2v) is 9.60. The standard InChI is InChI=1S/C21H34N4O4S/c1-3-4-5-6-20(26)22-14-11-18-7-9-19(10-8-18)30(28,29)24-21(27)23-25-15-12-17(2)13-16-25/h7-10,17H,3-6,11-16H2,1-2H3,(H,22,26)(H2,23,24,27). The monoisotopic (exact) mass is 438 g/mol. The molecule has 0 bridgehead atoms. The summed E-state index contributed by atoms with van der Waals surface area (Å²) in [6.45, 7) is 6.18. The molecule has 1 aromatic rings. The lowest BCUT2D eigenvalue weighted by atomic mass is 10.0. The third-order valence-corrected chi connectivity index (χ3v) is 6.59. The number of benzene rings is 1. The van der Waals surface area contributed by atoms with Crippen LogP contribution in [0.5, 0.6) is 0 Å². The molecule has 30 heavy (non-hydrogen) atoms. The Kier molecular flexibility index (Phi) is 9.58. The number of hydrogen-bond donors (Lipinski definition) is 3. The summed E-state index contributed by atoms with van der Waals surface area (Å²) >= 11 is 0. The fourth-order valence-electron chi connectivity index (χ4n) is 3.27. The maximum absolute atomic E-state index is 12.4. The van der Waals surface area contributed by atoms with Gasteiger partial charge in [0.05, 0.1) is 4.90 Å². The third-order valence-electron chi connectivity index (χ3n) is 5.25. The highest BCUT2D eigenvalue weighted by molar-refractivity contribution is 7.90. The molecule has 0 atom stereocenters. The zero-order valence-corrected chi connectivity index (χ0v) is 18.8. The molecule has 2 rings (SSSR count). The van der Waals surface area contributed by atoms with Gasteiger partial charge in [0.25, 0.3) is 10.0 Å². The van der Waals surface area contributed by atoms with Crippen LogP contribution >= 0.6 is 0 Å². The van der Waals surface area contributed by atoms with Gasteiger partial charge in [0.2, 0.25) is 5.91 Å². The number of carbonyl (C=O) groups is 2. The van der Waals surface area contributed by atoms with Crippen molar-refractivity contribution >= 4 is 22.0 Å². The molecule has 1 aliphatic rings. The normalized spacial score (nSPS) is 15.5. The summed E-state index contributed by atoms with van der Waals surface area (Å²) in [6, 6.07) is 5.58. The Labute approximate surface area is 179 Å². The molecule has 0 spiro atoms. The van der Waals surface area contributed by atoms with Gasteiger partial charge < -0.3 is 5.32 Å². The van der Waals surface area contributed by atoms with Crippen molar-refractivity contribution in [3.05, 3.63) is 29.8 Å². The zero-order valence-electron chi connectivity index (χ0n) is 17.9. The van der Waals surface area contributed by atoms with Crippen LogP contribution in [0.4, 0.5) is 4.79 Å². The van der Waals surface area contributed by atoms with E-state index >= 15 is 0 Å². The molecule has 0 aromatic heterocycles. The number of rotatable bonds is 10. The highest BCUT2D eigenvalue weighted by Gasteiger charge is 2.21. The summed E-state index contributed by atoms with van der Waals surface area (Å²) in [5.41, 5.74) is 3.51. The van der Waals surface area contributed by atoms with E-state index in [1.54, 1.807) is 17.1 Å². The van der Waals surface area contributed by atoms with Gasteiger partial charge in [-0.2, -0.15) is 0 Å². The fourth-order valence-corrected chi connectivity index (χ4v) is 4.18. The predicted octanol–water partition coefficient (Wildman–Crippen LogP) is 2.56. The first-order valence-electron chi connectivity index (χ1n) is 10.7. The van der Waals surface area contributed by atoms with Crippen LogP contribution in [0.25, 0.3) is 0 Å². The molecule has 3 N–H and O–H groups in total. The van der Waals surface area contributed by atoms with Crippen molar-refractivity contribution in [2.75, 3.05) is 19.6 Å². The Morgan fingerprint density at radius 1 is 1.10 bits per heavy atom. The van der Waals surface area contributed by atoms with Gasteiger partial charge in [0.1, 0.15) is 0 Å². The van der Waals surface area contributed by atoms with Crippen molar-refractivity contribution in [2.45, 2.75) is 63.7 Å². The van der Waals surface area contributed by atoms with E-state index in [0.29, 0.717) is 38.4 Å². The van der Waals surface area contributed by atoms with Crippen LogP contribution in [0.1, 0.15) is 57.9 Å². The number of nitrogens with zero attached hydrogens (tertiary/aromatic N) is 1. The molecule has 8 nitrogen and oxygen atoms in total. The van der Waals surface area contributed by atoms with Gasteiger partial charge in [-0.25, -0.2) is 22.9 Å². The SMILES string of the molecule is CCCCCC(=O)NCCc1ccc(S(=O)(=O)NC(=O)NN2CCC(C)CC2)cc1. The number of nitrogens with one attached hydrogen (secondary N) is 3. The van der Waals surface area contributed by atoms with E-state index in [0.717, 1.165) is 37.7 Å². The number of urea groups is 1. The van der Waals surface area contributed by atoms with Crippen LogP contribution in [0.15, 0.2) is 29.2 Å². The van der Waals surface area contributed by atoms with E-state index in [4.69, 9.17) is 0 Å². The molecule has 0 radical (unpaired) electrons. The summed E-state index contributed by atoms with van der Waals surface area (Å²) in [4.78, 5) is 23.8. The number of amides is 3. The van der Waals surface area contributed by atoms with E-state index in [2.05, 4.69) is 29.3 Å². The highest BCUT2D eigenvalue weighted by Crippen LogP contribution is 2.14. The lowest BCUT2D eigenvalue weighted by Crippen LogP contribution is -2.51. The van der Waals surface area contributed by atoms with Gasteiger partial charge in [-0.05, 0) is 49.3 Å². The van der Waals surface area contributed by atoms with Crippen molar-refractivity contribution in [2.24, 2.45) is 5.92 Å². The highest BCUT2D eigenvalue weighted by atomic mass is 32.2. The van der Waals surface area contributed by atoms with Gasteiger partial charge in [0, 0.05) is 26.1 Å². The first-order chi connectivity index (χ1) is 14.3. The van der Waals surface area contributed by atoms with Crippen LogP contribution in [0.3, 0.4) is 0 Å². The second-order valence-electron chi connectivity index (χ2n) is 7.92. The first-order valence-corrected chi connectivity index (χ1v) is 12.2. The average molecular weight is 439 g/mol. The molecule has 0 saturated carbocycles. The molecule has 1 aromatic carbocycles. The minimum Gasteiger partial charge on any atom is -0.356 e. The van der Waals surface area contributed by atoms with Crippen molar-refractivity contribution in [3.63, 3.8) is 0 Å². The minimum absolute atomic E-state index is 0.0252. The molecule has 1 heterocycles. The molecule has 0 aliphatic carbocycles. The Balaban J connectivity index is 1.78. The van der Waals surface area contributed by atoms with E-state index in [-0.39, 0.29) is 10.8 Å². The molecule has 0 unspecified atom stereocenters. The van der Waals surface area contributed by atoms with E-state index in [1.807, 2.05) is 0 Å². The zero-order chi connectivity index (χ0) is 22.0. The number of carbonyl (C=O) groups excluding carboxylic acids is 2. The number of hydrogen-bond acceptors (Lipinski definition) is 5. The molecule has 1 aliphatic heterocycles. The van der Waals surface area contributed by atoms with Crippen LogP contribution in [0.2, 0.25) is 0 Å². The average Bonchev–Trinajstić information content (AvgIpc) is 2.70. The smallest absolute Gasteiger partial charge is 0.343 e. The van der Waals surface area contributed by atoms with E-state index in [1.165, 1.54) is 12.1 Å². The van der Waals surface area contributed by atoms with Crippen molar-refractivity contribution in [1.29, 1.82) is 0 Å². The van der Waals surface area contributed by atoms with Crippen LogP contribution in [-0.2, 0) is 21.2 Å². The molecule has 1 saturated heterocycles. The molecule has 168 valence electrons. The Morgan fingerprint density at radius 2 is 1.77 bits per heavy atom. The van der Waals surface area contributed by atoms with Crippen LogP contribution < -0.4 is 15.5 Å². The minimum atomic E-state index is -3.94. The summed E-state index contributed by atoms with van der Waals surface area (Å²) in [5.74, 6) is 0.656. The van der Waals surface area contributed by atoms with Crippen molar-refractivity contribution < 1.29 is 18.0 Å². The number of sulfonamides is 1. The van der Waals surface area contributed by atoms with Gasteiger partial charge >= 0.3 is 6.03 Å². The Morgan fingerprint density at radius 3 is 2.40 bits per heavy atom. The Hall–Kier alpha value is -2.13. The summed E-state index contributed by atoms with van der Waals surface area (Å²) in [5, 5.41) is 4.62. The van der Waals surface area contributed by atoms with Crippen LogP contribution in [-0.4, -0.2) is 45.0 Å². The summed E-state index contributed by atoms with van der Waals surface area (Å²) < 4.78 is 26.9. The van der Waals surface area contributed by atoms with Crippen LogP contribution in [0, 0.1) is 5.92 Å². The van der Waals surface area contributed by atoms with Gasteiger partial charge in [-0.1, -0.05) is 38.8 Å². The maximum Gasteiger partial charge on any atom is 0.343 e. The van der Waals surface area contributed by atoms with E-state index in [9.17, 15) is 18.0 Å². The molecule has 9 heteroatoms. The predicted molar refractivity (Wildman–Crippen MR) is 116 cm³/mol.